The summed E-state index contributed by atoms with van der Waals surface area (Å²) in [6.45, 7) is 0. The summed E-state index contributed by atoms with van der Waals surface area (Å²) in [4.78, 5) is 16.4. The van der Waals surface area contributed by atoms with E-state index in [2.05, 4.69) is 31.5 Å². The number of aromatic nitrogens is 1. The average Bonchev–Trinajstić information content (AvgIpc) is 2.64. The second-order valence-corrected chi connectivity index (χ2v) is 6.13. The van der Waals surface area contributed by atoms with Crippen molar-refractivity contribution in [1.29, 1.82) is 5.26 Å². The number of nitriles is 1. The van der Waals surface area contributed by atoms with Gasteiger partial charge in [-0.1, -0.05) is 22.0 Å². The van der Waals surface area contributed by atoms with E-state index in [-0.39, 0.29) is 5.91 Å². The first kappa shape index (κ1) is 16.7. The zero-order valence-electron chi connectivity index (χ0n) is 13.0. The number of carbonyl (C=O) groups excluding carboxylic acids is 1. The molecule has 1 heterocycles. The summed E-state index contributed by atoms with van der Waals surface area (Å²) in [6, 6.07) is 19.9. The number of nitrogens with zero attached hydrogens (tertiary/aromatic N) is 2. The lowest BCUT2D eigenvalue weighted by atomic mass is 10.2. The molecule has 1 aromatic heterocycles. The number of anilines is 3. The fourth-order valence-corrected chi connectivity index (χ4v) is 2.43. The Balaban J connectivity index is 1.68. The van der Waals surface area contributed by atoms with Crippen LogP contribution in [0.4, 0.5) is 17.1 Å². The van der Waals surface area contributed by atoms with Crippen molar-refractivity contribution in [2.75, 3.05) is 10.6 Å². The van der Waals surface area contributed by atoms with Gasteiger partial charge in [-0.05, 0) is 54.6 Å². The number of hydrogen-bond donors (Lipinski definition) is 2. The van der Waals surface area contributed by atoms with Crippen LogP contribution in [0, 0.1) is 11.3 Å². The minimum Gasteiger partial charge on any atom is -0.354 e. The Kier molecular flexibility index (Phi) is 5.07. The first-order chi connectivity index (χ1) is 12.1. The van der Waals surface area contributed by atoms with Gasteiger partial charge in [-0.2, -0.15) is 5.26 Å². The predicted molar refractivity (Wildman–Crippen MR) is 101 cm³/mol. The van der Waals surface area contributed by atoms with E-state index in [1.54, 1.807) is 42.6 Å². The van der Waals surface area contributed by atoms with Gasteiger partial charge in [-0.3, -0.25) is 4.79 Å². The third-order valence-corrected chi connectivity index (χ3v) is 3.91. The van der Waals surface area contributed by atoms with Crippen LogP contribution in [0.1, 0.15) is 16.1 Å². The van der Waals surface area contributed by atoms with Crippen LogP contribution in [0.2, 0.25) is 0 Å². The molecule has 0 saturated heterocycles. The smallest absolute Gasteiger partial charge is 0.274 e. The van der Waals surface area contributed by atoms with E-state index in [4.69, 9.17) is 5.26 Å². The standard InChI is InChI=1S/C19H13BrN4O/c20-14-4-6-15(7-5-14)23-17-8-9-18(22-12-17)19(25)24-16-3-1-2-13(10-16)11-21/h1-10,12,23H,(H,24,25). The van der Waals surface area contributed by atoms with E-state index < -0.39 is 0 Å². The number of nitrogens with one attached hydrogen (secondary N) is 2. The number of benzene rings is 2. The highest BCUT2D eigenvalue weighted by atomic mass is 79.9. The molecule has 0 aliphatic heterocycles. The summed E-state index contributed by atoms with van der Waals surface area (Å²) in [5.74, 6) is -0.328. The molecule has 0 atom stereocenters. The summed E-state index contributed by atoms with van der Waals surface area (Å²) in [5, 5.41) is 14.8. The van der Waals surface area contributed by atoms with Gasteiger partial charge >= 0.3 is 0 Å². The third-order valence-electron chi connectivity index (χ3n) is 3.38. The molecule has 2 N–H and O–H groups in total. The zero-order chi connectivity index (χ0) is 17.6. The van der Waals surface area contributed by atoms with Crippen LogP contribution in [-0.4, -0.2) is 10.9 Å². The number of carbonyl (C=O) groups is 1. The number of pyridine rings is 1. The van der Waals surface area contributed by atoms with Gasteiger partial charge in [0.25, 0.3) is 5.91 Å². The van der Waals surface area contributed by atoms with E-state index in [1.807, 2.05) is 30.3 Å². The Hall–Kier alpha value is -3.17. The van der Waals surface area contributed by atoms with Gasteiger partial charge in [0.05, 0.1) is 23.5 Å². The summed E-state index contributed by atoms with van der Waals surface area (Å²) in [6.07, 6.45) is 1.60. The van der Waals surface area contributed by atoms with Crippen molar-refractivity contribution >= 4 is 38.9 Å². The first-order valence-electron chi connectivity index (χ1n) is 7.44. The Morgan fingerprint density at radius 3 is 2.44 bits per heavy atom. The monoisotopic (exact) mass is 392 g/mol. The molecule has 0 fully saturated rings. The van der Waals surface area contributed by atoms with Gasteiger partial charge in [0, 0.05) is 15.8 Å². The number of rotatable bonds is 4. The molecule has 6 heteroatoms. The van der Waals surface area contributed by atoms with E-state index in [9.17, 15) is 4.79 Å². The van der Waals surface area contributed by atoms with Crippen molar-refractivity contribution in [2.24, 2.45) is 0 Å². The minimum absolute atomic E-state index is 0.295. The Bertz CT molecular complexity index is 931. The van der Waals surface area contributed by atoms with Crippen molar-refractivity contribution in [2.45, 2.75) is 0 Å². The summed E-state index contributed by atoms with van der Waals surface area (Å²) in [7, 11) is 0. The Morgan fingerprint density at radius 1 is 1.00 bits per heavy atom. The van der Waals surface area contributed by atoms with Crippen LogP contribution in [-0.2, 0) is 0 Å². The van der Waals surface area contributed by atoms with Crippen LogP contribution in [0.15, 0.2) is 71.3 Å². The maximum Gasteiger partial charge on any atom is 0.274 e. The van der Waals surface area contributed by atoms with Gasteiger partial charge in [0.15, 0.2) is 0 Å². The molecule has 0 spiro atoms. The fraction of sp³-hybridized carbons (Fsp3) is 0. The van der Waals surface area contributed by atoms with Crippen LogP contribution >= 0.6 is 15.9 Å². The van der Waals surface area contributed by atoms with Gasteiger partial charge in [0.1, 0.15) is 5.69 Å². The highest BCUT2D eigenvalue weighted by molar-refractivity contribution is 9.10. The second-order valence-electron chi connectivity index (χ2n) is 5.21. The number of hydrogen-bond acceptors (Lipinski definition) is 4. The first-order valence-corrected chi connectivity index (χ1v) is 8.23. The molecule has 0 unspecified atom stereocenters. The van der Waals surface area contributed by atoms with Crippen molar-refractivity contribution in [3.8, 4) is 6.07 Å². The van der Waals surface area contributed by atoms with Crippen LogP contribution in [0.25, 0.3) is 0 Å². The number of halogens is 1. The van der Waals surface area contributed by atoms with E-state index in [0.29, 0.717) is 16.9 Å². The molecular weight excluding hydrogens is 380 g/mol. The molecule has 122 valence electrons. The van der Waals surface area contributed by atoms with Crippen molar-refractivity contribution in [3.63, 3.8) is 0 Å². The van der Waals surface area contributed by atoms with Crippen LogP contribution in [0.5, 0.6) is 0 Å². The quantitative estimate of drug-likeness (QED) is 0.673. The van der Waals surface area contributed by atoms with Crippen molar-refractivity contribution in [3.05, 3.63) is 82.6 Å². The van der Waals surface area contributed by atoms with Gasteiger partial charge in [-0.25, -0.2) is 4.98 Å². The number of amides is 1. The molecule has 3 rings (SSSR count). The van der Waals surface area contributed by atoms with Crippen molar-refractivity contribution < 1.29 is 4.79 Å². The third kappa shape index (κ3) is 4.43. The van der Waals surface area contributed by atoms with E-state index >= 15 is 0 Å². The zero-order valence-corrected chi connectivity index (χ0v) is 14.6. The predicted octanol–water partition coefficient (Wildman–Crippen LogP) is 4.71. The SMILES string of the molecule is N#Cc1cccc(NC(=O)c2ccc(Nc3ccc(Br)cc3)cn2)c1. The summed E-state index contributed by atoms with van der Waals surface area (Å²) >= 11 is 3.39. The van der Waals surface area contributed by atoms with Crippen LogP contribution < -0.4 is 10.6 Å². The minimum atomic E-state index is -0.328. The van der Waals surface area contributed by atoms with E-state index in [1.165, 1.54) is 0 Å². The Labute approximate surface area is 153 Å². The lowest BCUT2D eigenvalue weighted by Gasteiger charge is -2.08. The molecule has 2 aromatic carbocycles. The molecule has 5 nitrogen and oxygen atoms in total. The maximum absolute atomic E-state index is 12.2. The molecule has 0 bridgehead atoms. The van der Waals surface area contributed by atoms with Gasteiger partial charge < -0.3 is 10.6 Å². The summed E-state index contributed by atoms with van der Waals surface area (Å²) in [5.41, 5.74) is 3.05. The highest BCUT2D eigenvalue weighted by Crippen LogP contribution is 2.19. The molecule has 0 radical (unpaired) electrons. The molecule has 0 aliphatic carbocycles. The second kappa shape index (κ2) is 7.60. The highest BCUT2D eigenvalue weighted by Gasteiger charge is 2.08. The van der Waals surface area contributed by atoms with E-state index in [0.717, 1.165) is 15.8 Å². The fourth-order valence-electron chi connectivity index (χ4n) is 2.16. The molecule has 3 aromatic rings. The molecule has 0 aliphatic rings. The summed E-state index contributed by atoms with van der Waals surface area (Å²) < 4.78 is 1.00. The maximum atomic E-state index is 12.2. The molecule has 0 saturated carbocycles. The Morgan fingerprint density at radius 2 is 1.76 bits per heavy atom. The lowest BCUT2D eigenvalue weighted by molar-refractivity contribution is 0.102. The largest absolute Gasteiger partial charge is 0.354 e. The average molecular weight is 393 g/mol. The normalized spacial score (nSPS) is 9.92. The van der Waals surface area contributed by atoms with Crippen molar-refractivity contribution in [1.82, 2.24) is 4.98 Å². The van der Waals surface area contributed by atoms with Gasteiger partial charge in [0.2, 0.25) is 0 Å². The topological polar surface area (TPSA) is 77.8 Å². The molecule has 25 heavy (non-hydrogen) atoms. The van der Waals surface area contributed by atoms with Gasteiger partial charge in [-0.15, -0.1) is 0 Å². The molecule has 1 amide bonds. The molecular formula is C19H13BrN4O. The van der Waals surface area contributed by atoms with Crippen LogP contribution in [0.3, 0.4) is 0 Å². The lowest BCUT2D eigenvalue weighted by Crippen LogP contribution is -2.13.